The molecular weight excluding hydrogens is 288 g/mol. The maximum Gasteiger partial charge on any atom is 0.224 e. The number of fused-ring (bicyclic) bond motifs is 3. The van der Waals surface area contributed by atoms with E-state index < -0.39 is 23.5 Å². The van der Waals surface area contributed by atoms with E-state index in [1.807, 2.05) is 27.7 Å². The first-order valence-corrected chi connectivity index (χ1v) is 8.50. The van der Waals surface area contributed by atoms with E-state index in [4.69, 9.17) is 23.7 Å². The van der Waals surface area contributed by atoms with Crippen molar-refractivity contribution in [1.82, 2.24) is 0 Å². The Morgan fingerprint density at radius 1 is 0.909 bits per heavy atom. The standard InChI is InChI=1S/C16H28O6/c1-5-14(6-2)18-9-11-12(20-14)13-16(10-17,19-11)22-15(7-3,8-4)21-13/h11-13,17H,5-10H2,1-4H3/t11-,12+,13-,16-/m0/s1. The average molecular weight is 316 g/mol. The van der Waals surface area contributed by atoms with E-state index in [9.17, 15) is 5.11 Å². The molecule has 0 spiro atoms. The van der Waals surface area contributed by atoms with Crippen LogP contribution in [0.15, 0.2) is 0 Å². The Labute approximate surface area is 132 Å². The number of ether oxygens (including phenoxy) is 5. The van der Waals surface area contributed by atoms with E-state index in [-0.39, 0.29) is 18.8 Å². The van der Waals surface area contributed by atoms with Gasteiger partial charge in [0.15, 0.2) is 11.6 Å². The molecule has 6 heteroatoms. The molecule has 0 unspecified atom stereocenters. The molecule has 1 N–H and O–H groups in total. The SMILES string of the molecule is CCC1(CC)OC[C@@H]2O[C@@]3(CO)OC(CC)(CC)O[C@H]3[C@@H]2O1. The number of rotatable bonds is 5. The lowest BCUT2D eigenvalue weighted by Crippen LogP contribution is -2.53. The first kappa shape index (κ1) is 16.6. The van der Waals surface area contributed by atoms with Crippen molar-refractivity contribution in [2.75, 3.05) is 13.2 Å². The Bertz CT molecular complexity index is 405. The molecule has 0 amide bonds. The largest absolute Gasteiger partial charge is 0.391 e. The molecule has 3 fully saturated rings. The van der Waals surface area contributed by atoms with E-state index in [1.165, 1.54) is 0 Å². The van der Waals surface area contributed by atoms with E-state index in [0.29, 0.717) is 19.4 Å². The van der Waals surface area contributed by atoms with E-state index in [0.717, 1.165) is 12.8 Å². The van der Waals surface area contributed by atoms with Gasteiger partial charge in [0.05, 0.1) is 6.61 Å². The Balaban J connectivity index is 1.87. The molecule has 128 valence electrons. The summed E-state index contributed by atoms with van der Waals surface area (Å²) in [5.74, 6) is -2.44. The minimum Gasteiger partial charge on any atom is -0.391 e. The Hall–Kier alpha value is -0.240. The lowest BCUT2D eigenvalue weighted by atomic mass is 10.0. The average Bonchev–Trinajstić information content (AvgIpc) is 3.05. The second-order valence-corrected chi connectivity index (χ2v) is 6.40. The van der Waals surface area contributed by atoms with Gasteiger partial charge >= 0.3 is 0 Å². The number of aliphatic hydroxyl groups is 1. The highest BCUT2D eigenvalue weighted by Crippen LogP contribution is 2.51. The highest BCUT2D eigenvalue weighted by molar-refractivity contribution is 5.06. The Morgan fingerprint density at radius 2 is 1.55 bits per heavy atom. The minimum absolute atomic E-state index is 0.249. The van der Waals surface area contributed by atoms with Crippen molar-refractivity contribution >= 4 is 0 Å². The van der Waals surface area contributed by atoms with Crippen LogP contribution in [-0.2, 0) is 23.7 Å². The van der Waals surface area contributed by atoms with Crippen molar-refractivity contribution in [3.63, 3.8) is 0 Å². The zero-order valence-corrected chi connectivity index (χ0v) is 14.0. The second-order valence-electron chi connectivity index (χ2n) is 6.40. The molecule has 3 rings (SSSR count). The number of aliphatic hydroxyl groups excluding tert-OH is 1. The summed E-state index contributed by atoms with van der Waals surface area (Å²) in [5.41, 5.74) is 0. The predicted molar refractivity (Wildman–Crippen MR) is 78.1 cm³/mol. The first-order valence-electron chi connectivity index (χ1n) is 8.50. The fourth-order valence-electron chi connectivity index (χ4n) is 3.77. The van der Waals surface area contributed by atoms with Gasteiger partial charge < -0.3 is 28.8 Å². The Morgan fingerprint density at radius 3 is 2.09 bits per heavy atom. The second kappa shape index (κ2) is 5.69. The maximum absolute atomic E-state index is 9.92. The lowest BCUT2D eigenvalue weighted by molar-refractivity contribution is -0.346. The molecule has 0 bridgehead atoms. The molecule has 6 nitrogen and oxygen atoms in total. The van der Waals surface area contributed by atoms with Gasteiger partial charge in [-0.05, 0) is 25.7 Å². The van der Waals surface area contributed by atoms with Crippen molar-refractivity contribution in [3.8, 4) is 0 Å². The van der Waals surface area contributed by atoms with Crippen molar-refractivity contribution in [3.05, 3.63) is 0 Å². The Kier molecular flexibility index (Phi) is 4.29. The molecule has 0 saturated carbocycles. The fourth-order valence-corrected chi connectivity index (χ4v) is 3.77. The zero-order chi connectivity index (χ0) is 16.0. The van der Waals surface area contributed by atoms with Crippen LogP contribution in [0.1, 0.15) is 53.4 Å². The smallest absolute Gasteiger partial charge is 0.224 e. The third kappa shape index (κ3) is 2.24. The van der Waals surface area contributed by atoms with Crippen LogP contribution in [-0.4, -0.2) is 54.0 Å². The molecule has 3 heterocycles. The summed E-state index contributed by atoms with van der Waals surface area (Å²) in [7, 11) is 0. The zero-order valence-electron chi connectivity index (χ0n) is 14.0. The topological polar surface area (TPSA) is 66.4 Å². The summed E-state index contributed by atoms with van der Waals surface area (Å²) < 4.78 is 30.5. The van der Waals surface area contributed by atoms with Gasteiger partial charge in [-0.2, -0.15) is 0 Å². The normalized spacial score (nSPS) is 42.1. The lowest BCUT2D eigenvalue weighted by Gasteiger charge is -2.42. The summed E-state index contributed by atoms with van der Waals surface area (Å²) in [6.07, 6.45) is 1.95. The maximum atomic E-state index is 9.92. The van der Waals surface area contributed by atoms with Gasteiger partial charge in [-0.25, -0.2) is 0 Å². The van der Waals surface area contributed by atoms with Crippen LogP contribution < -0.4 is 0 Å². The van der Waals surface area contributed by atoms with Crippen molar-refractivity contribution < 1.29 is 28.8 Å². The number of hydrogen-bond donors (Lipinski definition) is 1. The van der Waals surface area contributed by atoms with Gasteiger partial charge in [-0.15, -0.1) is 0 Å². The molecule has 0 aliphatic carbocycles. The van der Waals surface area contributed by atoms with Crippen LogP contribution in [0.5, 0.6) is 0 Å². The van der Waals surface area contributed by atoms with Crippen molar-refractivity contribution in [2.24, 2.45) is 0 Å². The van der Waals surface area contributed by atoms with Crippen LogP contribution in [0.2, 0.25) is 0 Å². The molecule has 22 heavy (non-hydrogen) atoms. The van der Waals surface area contributed by atoms with Crippen LogP contribution >= 0.6 is 0 Å². The highest BCUT2D eigenvalue weighted by atomic mass is 16.9. The summed E-state index contributed by atoms with van der Waals surface area (Å²) in [5, 5.41) is 9.92. The number of hydrogen-bond acceptors (Lipinski definition) is 6. The van der Waals surface area contributed by atoms with Crippen LogP contribution in [0.4, 0.5) is 0 Å². The van der Waals surface area contributed by atoms with Gasteiger partial charge in [0.1, 0.15) is 24.9 Å². The molecule has 4 atom stereocenters. The molecule has 0 radical (unpaired) electrons. The minimum atomic E-state index is -1.14. The molecule has 0 aromatic carbocycles. The van der Waals surface area contributed by atoms with Gasteiger partial charge in [0.25, 0.3) is 0 Å². The molecule has 3 aliphatic heterocycles. The summed E-state index contributed by atoms with van der Waals surface area (Å²) in [6, 6.07) is 0. The molecule has 0 aromatic rings. The molecule has 3 saturated heterocycles. The van der Waals surface area contributed by atoms with Gasteiger partial charge in [0, 0.05) is 0 Å². The third-order valence-electron chi connectivity index (χ3n) is 5.39. The van der Waals surface area contributed by atoms with Crippen LogP contribution in [0, 0.1) is 0 Å². The summed E-state index contributed by atoms with van der Waals surface area (Å²) in [6.45, 7) is 8.31. The van der Waals surface area contributed by atoms with Gasteiger partial charge in [-0.3, -0.25) is 0 Å². The van der Waals surface area contributed by atoms with Crippen molar-refractivity contribution in [2.45, 2.75) is 89.1 Å². The highest BCUT2D eigenvalue weighted by Gasteiger charge is 2.68. The third-order valence-corrected chi connectivity index (χ3v) is 5.39. The molecule has 3 aliphatic rings. The monoisotopic (exact) mass is 316 g/mol. The first-order chi connectivity index (χ1) is 10.5. The van der Waals surface area contributed by atoms with Crippen molar-refractivity contribution in [1.29, 1.82) is 0 Å². The van der Waals surface area contributed by atoms with Gasteiger partial charge in [0.2, 0.25) is 5.79 Å². The van der Waals surface area contributed by atoms with E-state index in [1.54, 1.807) is 0 Å². The summed E-state index contributed by atoms with van der Waals surface area (Å²) in [4.78, 5) is 0. The molecular formula is C16H28O6. The van der Waals surface area contributed by atoms with E-state index in [2.05, 4.69) is 0 Å². The van der Waals surface area contributed by atoms with Crippen LogP contribution in [0.3, 0.4) is 0 Å². The molecule has 0 aromatic heterocycles. The van der Waals surface area contributed by atoms with E-state index >= 15 is 0 Å². The van der Waals surface area contributed by atoms with Gasteiger partial charge in [-0.1, -0.05) is 27.7 Å². The fraction of sp³-hybridized carbons (Fsp3) is 1.00. The quantitative estimate of drug-likeness (QED) is 0.836. The van der Waals surface area contributed by atoms with Crippen LogP contribution in [0.25, 0.3) is 0 Å². The summed E-state index contributed by atoms with van der Waals surface area (Å²) >= 11 is 0. The predicted octanol–water partition coefficient (Wildman–Crippen LogP) is 1.94.